The van der Waals surface area contributed by atoms with Gasteiger partial charge in [-0.25, -0.2) is 14.5 Å². The average molecular weight is 578 g/mol. The van der Waals surface area contributed by atoms with Crippen molar-refractivity contribution in [3.63, 3.8) is 0 Å². The van der Waals surface area contributed by atoms with Gasteiger partial charge in [0.1, 0.15) is 22.5 Å². The molecule has 0 bridgehead atoms. The Morgan fingerprint density at radius 1 is 1.12 bits per heavy atom. The number of oxazole rings is 1. The molecule has 1 atom stereocenters. The number of fused-ring (bicyclic) bond motifs is 3. The molecule has 15 heteroatoms. The molecule has 0 saturated heterocycles. The van der Waals surface area contributed by atoms with Gasteiger partial charge >= 0.3 is 0 Å². The molecule has 0 unspecified atom stereocenters. The Morgan fingerprint density at radius 2 is 2.00 bits per heavy atom. The number of benzene rings is 2. The van der Waals surface area contributed by atoms with Crippen molar-refractivity contribution in [1.29, 1.82) is 0 Å². The van der Waals surface area contributed by atoms with Gasteiger partial charge in [-0.15, -0.1) is 10.2 Å². The van der Waals surface area contributed by atoms with Crippen molar-refractivity contribution in [1.82, 2.24) is 50.8 Å². The van der Waals surface area contributed by atoms with Crippen molar-refractivity contribution in [2.45, 2.75) is 32.4 Å². The van der Waals surface area contributed by atoms with E-state index in [1.54, 1.807) is 13.0 Å². The van der Waals surface area contributed by atoms with E-state index in [1.165, 1.54) is 16.8 Å². The second-order valence-corrected chi connectivity index (χ2v) is 10.1. The molecule has 214 valence electrons. The molecule has 1 aliphatic rings. The zero-order chi connectivity index (χ0) is 29.7. The first-order valence-corrected chi connectivity index (χ1v) is 13.3. The normalized spacial score (nSPS) is 14.2. The van der Waals surface area contributed by atoms with Gasteiger partial charge in [-0.2, -0.15) is 10.3 Å². The molecular formula is C28H23N11O4. The summed E-state index contributed by atoms with van der Waals surface area (Å²) in [6.45, 7) is 1.93. The Bertz CT molecular complexity index is 2060. The topological polar surface area (TPSA) is 212 Å². The third kappa shape index (κ3) is 4.71. The lowest BCUT2D eigenvalue weighted by atomic mass is 10.0. The molecule has 1 aliphatic carbocycles. The van der Waals surface area contributed by atoms with Gasteiger partial charge in [0.15, 0.2) is 17.1 Å². The summed E-state index contributed by atoms with van der Waals surface area (Å²) in [6.07, 6.45) is 2.62. The maximum Gasteiger partial charge on any atom is 0.270 e. The van der Waals surface area contributed by atoms with Gasteiger partial charge in [-0.1, -0.05) is 18.2 Å². The van der Waals surface area contributed by atoms with Gasteiger partial charge in [0.2, 0.25) is 5.82 Å². The minimum absolute atomic E-state index is 0.00127. The van der Waals surface area contributed by atoms with Crippen molar-refractivity contribution in [3.05, 3.63) is 88.2 Å². The number of nitrogens with zero attached hydrogens (tertiary/aromatic N) is 7. The molecule has 7 rings (SSSR count). The average Bonchev–Trinajstić information content (AvgIpc) is 3.80. The largest absolute Gasteiger partial charge is 0.441 e. The molecular weight excluding hydrogens is 554 g/mol. The number of hydrogen-bond acceptors (Lipinski definition) is 10. The number of rotatable bonds is 7. The van der Waals surface area contributed by atoms with Crippen molar-refractivity contribution in [2.75, 3.05) is 0 Å². The number of carbonyl (C=O) groups excluding carboxylic acids is 3. The molecule has 0 saturated carbocycles. The summed E-state index contributed by atoms with van der Waals surface area (Å²) in [5.41, 5.74) is 10.4. The van der Waals surface area contributed by atoms with Crippen LogP contribution in [0.15, 0.2) is 53.1 Å². The van der Waals surface area contributed by atoms with Crippen molar-refractivity contribution in [3.8, 4) is 11.4 Å². The number of nitrogens with one attached hydrogen (secondary N) is 3. The van der Waals surface area contributed by atoms with E-state index in [4.69, 9.17) is 10.2 Å². The highest BCUT2D eigenvalue weighted by Crippen LogP contribution is 2.33. The molecule has 43 heavy (non-hydrogen) atoms. The number of aromatic nitrogens is 8. The first-order valence-electron chi connectivity index (χ1n) is 13.3. The lowest BCUT2D eigenvalue weighted by Gasteiger charge is -2.15. The second-order valence-electron chi connectivity index (χ2n) is 10.1. The summed E-state index contributed by atoms with van der Waals surface area (Å²) < 4.78 is 6.70. The number of nitrogens with two attached hydrogens (primary N) is 1. The second kappa shape index (κ2) is 10.1. The number of amides is 3. The Labute approximate surface area is 241 Å². The summed E-state index contributed by atoms with van der Waals surface area (Å²) >= 11 is 0. The van der Waals surface area contributed by atoms with E-state index >= 15 is 0 Å². The van der Waals surface area contributed by atoms with Crippen LogP contribution in [0.25, 0.3) is 28.1 Å². The summed E-state index contributed by atoms with van der Waals surface area (Å²) in [7, 11) is 0. The Kier molecular flexibility index (Phi) is 6.11. The minimum Gasteiger partial charge on any atom is -0.441 e. The molecule has 0 radical (unpaired) electrons. The van der Waals surface area contributed by atoms with Crippen molar-refractivity contribution < 1.29 is 18.8 Å². The van der Waals surface area contributed by atoms with Crippen LogP contribution >= 0.6 is 0 Å². The van der Waals surface area contributed by atoms with Gasteiger partial charge in [0.05, 0.1) is 12.2 Å². The van der Waals surface area contributed by atoms with Crippen LogP contribution in [0.1, 0.15) is 66.4 Å². The fourth-order valence-electron chi connectivity index (χ4n) is 5.31. The lowest BCUT2D eigenvalue weighted by molar-refractivity contribution is 0.0929. The van der Waals surface area contributed by atoms with E-state index < -0.39 is 17.7 Å². The highest BCUT2D eigenvalue weighted by Gasteiger charge is 2.27. The minimum atomic E-state index is -0.787. The summed E-state index contributed by atoms with van der Waals surface area (Å²) in [6, 6.07) is 12.2. The Balaban J connectivity index is 1.15. The number of carbonyl (C=O) groups is 3. The first-order chi connectivity index (χ1) is 20.8. The molecule has 15 nitrogen and oxygen atoms in total. The van der Waals surface area contributed by atoms with E-state index in [2.05, 4.69) is 46.3 Å². The zero-order valence-corrected chi connectivity index (χ0v) is 22.7. The predicted molar refractivity (Wildman–Crippen MR) is 150 cm³/mol. The van der Waals surface area contributed by atoms with Gasteiger partial charge in [0, 0.05) is 25.1 Å². The number of aromatic amines is 1. The zero-order valence-electron chi connectivity index (χ0n) is 22.7. The molecule has 2 aromatic carbocycles. The molecule has 4 aromatic heterocycles. The van der Waals surface area contributed by atoms with Crippen LogP contribution in [0.3, 0.4) is 0 Å². The fraction of sp³-hybridized carbons (Fsp3) is 0.179. The number of tetrazole rings is 1. The van der Waals surface area contributed by atoms with E-state index in [1.807, 2.05) is 30.3 Å². The number of hydrogen-bond donors (Lipinski definition) is 4. The monoisotopic (exact) mass is 577 g/mol. The SMILES string of the molecule is Cc1nc2cc(CNC(=O)c3cc(C(=O)N[C@H]4CCc5cc(-c6nn[nH]n6)ccc54)nc4c(C(N)=O)cnn34)ccc2o1. The van der Waals surface area contributed by atoms with Crippen LogP contribution in [0.5, 0.6) is 0 Å². The number of primary amides is 1. The van der Waals surface area contributed by atoms with Gasteiger partial charge in [-0.3, -0.25) is 14.4 Å². The number of H-pyrrole nitrogens is 1. The smallest absolute Gasteiger partial charge is 0.270 e. The summed E-state index contributed by atoms with van der Waals surface area (Å²) in [5, 5.41) is 24.1. The predicted octanol–water partition coefficient (Wildman–Crippen LogP) is 1.81. The lowest BCUT2D eigenvalue weighted by Crippen LogP contribution is -2.30. The fourth-order valence-corrected chi connectivity index (χ4v) is 5.31. The highest BCUT2D eigenvalue weighted by atomic mass is 16.3. The number of aryl methyl sites for hydroxylation is 2. The van der Waals surface area contributed by atoms with Crippen LogP contribution in [-0.4, -0.2) is 57.9 Å². The van der Waals surface area contributed by atoms with E-state index in [-0.39, 0.29) is 35.2 Å². The molecule has 5 N–H and O–H groups in total. The highest BCUT2D eigenvalue weighted by molar-refractivity contribution is 6.02. The van der Waals surface area contributed by atoms with Crippen LogP contribution < -0.4 is 16.4 Å². The molecule has 4 heterocycles. The quantitative estimate of drug-likeness (QED) is 0.216. The molecule has 3 amide bonds. The Morgan fingerprint density at radius 3 is 2.81 bits per heavy atom. The maximum absolute atomic E-state index is 13.5. The van der Waals surface area contributed by atoms with E-state index in [0.717, 1.165) is 28.7 Å². The van der Waals surface area contributed by atoms with E-state index in [0.29, 0.717) is 29.2 Å². The summed E-state index contributed by atoms with van der Waals surface area (Å²) in [4.78, 5) is 47.7. The van der Waals surface area contributed by atoms with Crippen molar-refractivity contribution in [2.24, 2.45) is 5.73 Å². The van der Waals surface area contributed by atoms with Gasteiger partial charge in [0.25, 0.3) is 17.7 Å². The van der Waals surface area contributed by atoms with Crippen molar-refractivity contribution >= 4 is 34.5 Å². The third-order valence-corrected chi connectivity index (χ3v) is 7.34. The standard InChI is InChI=1S/C28H23N11O4/c1-13-32-20-8-14(2-7-23(20)43-13)11-30-28(42)22-10-21(33-26-18(24(29)40)12-31-39(22)26)27(41)34-19-6-4-15-9-16(3-5-17(15)19)25-35-37-38-36-25/h2-3,5,7-10,12,19H,4,6,11H2,1H3,(H2,29,40)(H,30,42)(H,34,41)(H,35,36,37,38)/t19-/m0/s1. The molecule has 6 aromatic rings. The van der Waals surface area contributed by atoms with Gasteiger partial charge in [-0.05, 0) is 52.9 Å². The van der Waals surface area contributed by atoms with Gasteiger partial charge < -0.3 is 20.8 Å². The maximum atomic E-state index is 13.5. The van der Waals surface area contributed by atoms with Crippen LogP contribution in [-0.2, 0) is 13.0 Å². The Hall–Kier alpha value is -5.99. The van der Waals surface area contributed by atoms with Crippen LogP contribution in [0.2, 0.25) is 0 Å². The molecule has 0 aliphatic heterocycles. The summed E-state index contributed by atoms with van der Waals surface area (Å²) in [5.74, 6) is -0.805. The third-order valence-electron chi connectivity index (χ3n) is 7.34. The first kappa shape index (κ1) is 25.9. The molecule has 0 fully saturated rings. The van der Waals surface area contributed by atoms with Crippen LogP contribution in [0, 0.1) is 6.92 Å². The molecule has 0 spiro atoms. The van der Waals surface area contributed by atoms with E-state index in [9.17, 15) is 14.4 Å². The van der Waals surface area contributed by atoms with Crippen LogP contribution in [0.4, 0.5) is 0 Å².